The minimum absolute atomic E-state index is 0.441. The number of hydrogen-bond acceptors (Lipinski definition) is 5. The summed E-state index contributed by atoms with van der Waals surface area (Å²) < 4.78 is 7.49. The predicted octanol–water partition coefficient (Wildman–Crippen LogP) is 3.84. The van der Waals surface area contributed by atoms with Crippen molar-refractivity contribution in [1.29, 1.82) is 0 Å². The van der Waals surface area contributed by atoms with E-state index < -0.39 is 0 Å². The van der Waals surface area contributed by atoms with Crippen molar-refractivity contribution in [2.24, 2.45) is 4.99 Å². The molecular weight excluding hydrogens is 338 g/mol. The molecule has 3 heterocycles. The lowest BCUT2D eigenvalue weighted by atomic mass is 10.0. The van der Waals surface area contributed by atoms with E-state index in [1.54, 1.807) is 0 Å². The zero-order chi connectivity index (χ0) is 18.2. The zero-order valence-electron chi connectivity index (χ0n) is 14.8. The van der Waals surface area contributed by atoms with Crippen molar-refractivity contribution in [3.8, 4) is 17.3 Å². The number of hydrogen-bond donors (Lipinski definition) is 0. The quantitative estimate of drug-likeness (QED) is 0.560. The Labute approximate surface area is 156 Å². The fraction of sp³-hybridized carbons (Fsp3) is 0.143. The molecule has 0 amide bonds. The molecule has 5 rings (SSSR count). The Morgan fingerprint density at radius 2 is 1.85 bits per heavy atom. The van der Waals surface area contributed by atoms with Gasteiger partial charge in [-0.1, -0.05) is 60.6 Å². The van der Waals surface area contributed by atoms with Crippen LogP contribution in [0.4, 0.5) is 0 Å². The number of aryl methyl sites for hydroxylation is 1. The summed E-state index contributed by atoms with van der Waals surface area (Å²) in [4.78, 5) is 13.9. The third kappa shape index (κ3) is 2.57. The van der Waals surface area contributed by atoms with Crippen LogP contribution in [0.3, 0.4) is 0 Å². The number of nitrogens with zero attached hydrogens (tertiary/aromatic N) is 5. The van der Waals surface area contributed by atoms with Crippen LogP contribution in [0, 0.1) is 0 Å². The molecule has 6 heteroatoms. The van der Waals surface area contributed by atoms with Crippen molar-refractivity contribution in [1.82, 2.24) is 19.7 Å². The molecule has 1 aliphatic heterocycles. The van der Waals surface area contributed by atoms with E-state index in [9.17, 15) is 0 Å². The molecule has 0 unspecified atom stereocenters. The van der Waals surface area contributed by atoms with Crippen molar-refractivity contribution in [3.63, 3.8) is 0 Å². The molecule has 0 spiro atoms. The van der Waals surface area contributed by atoms with Gasteiger partial charge in [0.15, 0.2) is 11.5 Å². The topological polar surface area (TPSA) is 69.1 Å². The van der Waals surface area contributed by atoms with Crippen LogP contribution in [0.5, 0.6) is 0 Å². The largest absolute Gasteiger partial charge is 0.332 e. The molecule has 0 N–H and O–H groups in total. The monoisotopic (exact) mass is 355 g/mol. The maximum atomic E-state index is 5.42. The van der Waals surface area contributed by atoms with Crippen LogP contribution in [-0.4, -0.2) is 25.4 Å². The second-order valence-electron chi connectivity index (χ2n) is 6.33. The Kier molecular flexibility index (Phi) is 3.67. The van der Waals surface area contributed by atoms with E-state index in [1.807, 2.05) is 43.6 Å². The number of imidazole rings is 1. The molecule has 2 aromatic heterocycles. The third-order valence-electron chi connectivity index (χ3n) is 4.71. The van der Waals surface area contributed by atoms with Gasteiger partial charge in [0.25, 0.3) is 5.89 Å². The highest BCUT2D eigenvalue weighted by Crippen LogP contribution is 2.30. The summed E-state index contributed by atoms with van der Waals surface area (Å²) in [6, 6.07) is 18.5. The number of aromatic nitrogens is 4. The summed E-state index contributed by atoms with van der Waals surface area (Å²) in [5.41, 5.74) is 5.82. The average molecular weight is 355 g/mol. The van der Waals surface area contributed by atoms with E-state index in [0.29, 0.717) is 24.0 Å². The smallest absolute Gasteiger partial charge is 0.278 e. The minimum atomic E-state index is 0.441. The van der Waals surface area contributed by atoms with Crippen molar-refractivity contribution in [2.45, 2.75) is 19.9 Å². The number of rotatable bonds is 3. The van der Waals surface area contributed by atoms with Gasteiger partial charge in [-0.15, -0.1) is 0 Å². The second-order valence-corrected chi connectivity index (χ2v) is 6.33. The van der Waals surface area contributed by atoms with Crippen LogP contribution in [0.1, 0.15) is 29.6 Å². The summed E-state index contributed by atoms with van der Waals surface area (Å²) in [6.45, 7) is 2.48. The highest BCUT2D eigenvalue weighted by atomic mass is 16.5. The standard InChI is InChI=1S/C21H17N5O/c1-2-18-24-21(27-25-18)20-17-12-22-19(14-8-4-3-5-9-14)15-10-6-7-11-16(15)26(17)13-23-20/h3-11,13H,2,12H2,1H3. The molecule has 2 aromatic carbocycles. The van der Waals surface area contributed by atoms with Gasteiger partial charge >= 0.3 is 0 Å². The van der Waals surface area contributed by atoms with E-state index in [2.05, 4.69) is 44.0 Å². The molecule has 0 saturated carbocycles. The van der Waals surface area contributed by atoms with Gasteiger partial charge in [0, 0.05) is 17.5 Å². The molecule has 0 bridgehead atoms. The third-order valence-corrected chi connectivity index (χ3v) is 4.71. The summed E-state index contributed by atoms with van der Waals surface area (Å²) in [5.74, 6) is 1.12. The van der Waals surface area contributed by atoms with Crippen LogP contribution >= 0.6 is 0 Å². The first-order chi connectivity index (χ1) is 13.3. The first-order valence-corrected chi connectivity index (χ1v) is 8.94. The normalized spacial score (nSPS) is 12.9. The summed E-state index contributed by atoms with van der Waals surface area (Å²) in [7, 11) is 0. The van der Waals surface area contributed by atoms with Crippen LogP contribution in [-0.2, 0) is 13.0 Å². The van der Waals surface area contributed by atoms with Gasteiger partial charge in [-0.05, 0) is 6.07 Å². The summed E-state index contributed by atoms with van der Waals surface area (Å²) in [5, 5.41) is 4.00. The van der Waals surface area contributed by atoms with Crippen molar-refractivity contribution >= 4 is 5.71 Å². The SMILES string of the molecule is CCc1noc(-c2ncn3c2CN=C(c2ccccc2)c2ccccc2-3)n1. The lowest BCUT2D eigenvalue weighted by Crippen LogP contribution is -2.06. The molecule has 0 atom stereocenters. The highest BCUT2D eigenvalue weighted by molar-refractivity contribution is 6.15. The van der Waals surface area contributed by atoms with Gasteiger partial charge in [-0.3, -0.25) is 9.56 Å². The number of para-hydroxylation sites is 1. The summed E-state index contributed by atoms with van der Waals surface area (Å²) in [6.07, 6.45) is 2.53. The van der Waals surface area contributed by atoms with E-state index in [0.717, 1.165) is 34.6 Å². The number of aliphatic imine (C=N–C) groups is 1. The number of fused-ring (bicyclic) bond motifs is 3. The van der Waals surface area contributed by atoms with Crippen molar-refractivity contribution in [2.75, 3.05) is 0 Å². The van der Waals surface area contributed by atoms with E-state index >= 15 is 0 Å². The zero-order valence-corrected chi connectivity index (χ0v) is 14.8. The first kappa shape index (κ1) is 15.7. The van der Waals surface area contributed by atoms with Crippen LogP contribution in [0.25, 0.3) is 17.3 Å². The van der Waals surface area contributed by atoms with Gasteiger partial charge in [-0.25, -0.2) is 4.98 Å². The van der Waals surface area contributed by atoms with Gasteiger partial charge in [0.05, 0.1) is 23.6 Å². The Morgan fingerprint density at radius 3 is 2.67 bits per heavy atom. The Bertz CT molecular complexity index is 1140. The molecule has 132 valence electrons. The van der Waals surface area contributed by atoms with Gasteiger partial charge in [0.1, 0.15) is 6.33 Å². The van der Waals surface area contributed by atoms with Crippen LogP contribution in [0.15, 0.2) is 70.4 Å². The lowest BCUT2D eigenvalue weighted by molar-refractivity contribution is 0.422. The minimum Gasteiger partial charge on any atom is -0.332 e. The molecule has 1 aliphatic rings. The molecule has 0 saturated heterocycles. The molecule has 6 nitrogen and oxygen atoms in total. The molecule has 0 fully saturated rings. The van der Waals surface area contributed by atoms with Crippen molar-refractivity contribution in [3.05, 3.63) is 83.6 Å². The predicted molar refractivity (Wildman–Crippen MR) is 102 cm³/mol. The Morgan fingerprint density at radius 1 is 1.04 bits per heavy atom. The first-order valence-electron chi connectivity index (χ1n) is 8.94. The van der Waals surface area contributed by atoms with E-state index in [1.165, 1.54) is 0 Å². The fourth-order valence-electron chi connectivity index (χ4n) is 3.37. The van der Waals surface area contributed by atoms with E-state index in [-0.39, 0.29) is 0 Å². The molecule has 4 aromatic rings. The highest BCUT2D eigenvalue weighted by Gasteiger charge is 2.24. The van der Waals surface area contributed by atoms with Crippen LogP contribution < -0.4 is 0 Å². The Balaban J connectivity index is 1.70. The fourth-order valence-corrected chi connectivity index (χ4v) is 3.37. The summed E-state index contributed by atoms with van der Waals surface area (Å²) >= 11 is 0. The maximum Gasteiger partial charge on any atom is 0.278 e. The molecular formula is C21H17N5O. The van der Waals surface area contributed by atoms with Gasteiger partial charge in [-0.2, -0.15) is 4.98 Å². The average Bonchev–Trinajstić information content (AvgIpc) is 3.33. The number of benzene rings is 2. The second kappa shape index (κ2) is 6.32. The molecule has 27 heavy (non-hydrogen) atoms. The Hall–Kier alpha value is -3.54. The van der Waals surface area contributed by atoms with E-state index in [4.69, 9.17) is 9.52 Å². The van der Waals surface area contributed by atoms with Gasteiger partial charge in [0.2, 0.25) is 0 Å². The molecule has 0 radical (unpaired) electrons. The van der Waals surface area contributed by atoms with Crippen LogP contribution in [0.2, 0.25) is 0 Å². The van der Waals surface area contributed by atoms with Crippen molar-refractivity contribution < 1.29 is 4.52 Å². The molecule has 0 aliphatic carbocycles. The lowest BCUT2D eigenvalue weighted by Gasteiger charge is -2.11. The maximum absolute atomic E-state index is 5.42. The van der Waals surface area contributed by atoms with Gasteiger partial charge < -0.3 is 4.52 Å².